The average molecular weight is 324 g/mol. The van der Waals surface area contributed by atoms with E-state index in [0.717, 1.165) is 16.7 Å². The van der Waals surface area contributed by atoms with Crippen LogP contribution in [0.3, 0.4) is 0 Å². The molecule has 0 unspecified atom stereocenters. The molecular weight excluding hydrogens is 304 g/mol. The topological polar surface area (TPSA) is 52.6 Å². The number of ether oxygens (including phenoxy) is 2. The van der Waals surface area contributed by atoms with Gasteiger partial charge in [0.15, 0.2) is 0 Å². The Morgan fingerprint density at radius 1 is 0.833 bits per heavy atom. The van der Waals surface area contributed by atoms with Crippen molar-refractivity contribution < 1.29 is 19.1 Å². The molecular formula is C20H20O4. The van der Waals surface area contributed by atoms with Crippen molar-refractivity contribution in [3.63, 3.8) is 0 Å². The van der Waals surface area contributed by atoms with Gasteiger partial charge >= 0.3 is 11.9 Å². The van der Waals surface area contributed by atoms with Crippen LogP contribution in [0.4, 0.5) is 0 Å². The van der Waals surface area contributed by atoms with Crippen molar-refractivity contribution in [1.82, 2.24) is 0 Å². The van der Waals surface area contributed by atoms with Crippen LogP contribution in [-0.2, 0) is 25.7 Å². The Hall–Kier alpha value is -2.88. The number of hydrogen-bond donors (Lipinski definition) is 0. The highest BCUT2D eigenvalue weighted by atomic mass is 16.6. The third kappa shape index (κ3) is 6.08. The number of carbonyl (C=O) groups excluding carboxylic acids is 2. The Balaban J connectivity index is 1.83. The number of esters is 2. The van der Waals surface area contributed by atoms with Crippen LogP contribution in [0.15, 0.2) is 54.6 Å². The van der Waals surface area contributed by atoms with E-state index in [1.165, 1.54) is 0 Å². The molecule has 0 aliphatic carbocycles. The molecule has 2 rings (SSSR count). The predicted octanol–water partition coefficient (Wildman–Crippen LogP) is 3.85. The van der Waals surface area contributed by atoms with Crippen LogP contribution in [0.5, 0.6) is 0 Å². The van der Waals surface area contributed by atoms with Crippen LogP contribution in [0.25, 0.3) is 12.2 Å². The van der Waals surface area contributed by atoms with Crippen molar-refractivity contribution in [3.05, 3.63) is 71.3 Å². The fourth-order valence-corrected chi connectivity index (χ4v) is 2.03. The van der Waals surface area contributed by atoms with Crippen LogP contribution < -0.4 is 0 Å². The summed E-state index contributed by atoms with van der Waals surface area (Å²) in [6.07, 6.45) is 3.70. The van der Waals surface area contributed by atoms with Crippen molar-refractivity contribution in [2.45, 2.75) is 20.0 Å². The molecule has 24 heavy (non-hydrogen) atoms. The van der Waals surface area contributed by atoms with Crippen molar-refractivity contribution in [1.29, 1.82) is 0 Å². The van der Waals surface area contributed by atoms with E-state index in [-0.39, 0.29) is 19.6 Å². The first-order chi connectivity index (χ1) is 11.7. The highest BCUT2D eigenvalue weighted by Crippen LogP contribution is 2.10. The molecule has 0 aliphatic heterocycles. The van der Waals surface area contributed by atoms with E-state index in [4.69, 9.17) is 9.47 Å². The van der Waals surface area contributed by atoms with Gasteiger partial charge in [0, 0.05) is 0 Å². The molecule has 0 amide bonds. The number of hydrogen-bond acceptors (Lipinski definition) is 4. The fourth-order valence-electron chi connectivity index (χ4n) is 2.03. The second kappa shape index (κ2) is 9.30. The minimum atomic E-state index is -0.582. The molecule has 4 heteroatoms. The molecule has 124 valence electrons. The molecule has 0 saturated carbocycles. The standard InChI is InChI=1S/C20H20O4/c1-2-23-19(21)14-20(22)24-15-18-12-10-17(11-13-18)9-8-16-6-4-3-5-7-16/h3-13H,2,14-15H2,1H3/b9-8+. The highest BCUT2D eigenvalue weighted by Gasteiger charge is 2.11. The molecule has 0 saturated heterocycles. The normalized spacial score (nSPS) is 10.5. The summed E-state index contributed by atoms with van der Waals surface area (Å²) in [5, 5.41) is 0. The minimum Gasteiger partial charge on any atom is -0.466 e. The zero-order chi connectivity index (χ0) is 17.2. The molecule has 0 fully saturated rings. The summed E-state index contributed by atoms with van der Waals surface area (Å²) >= 11 is 0. The first-order valence-electron chi connectivity index (χ1n) is 7.80. The maximum atomic E-state index is 11.5. The van der Waals surface area contributed by atoms with E-state index < -0.39 is 11.9 Å². The van der Waals surface area contributed by atoms with Gasteiger partial charge in [-0.25, -0.2) is 0 Å². The van der Waals surface area contributed by atoms with E-state index in [1.807, 2.05) is 66.7 Å². The molecule has 4 nitrogen and oxygen atoms in total. The lowest BCUT2D eigenvalue weighted by molar-refractivity contribution is -0.155. The number of carbonyl (C=O) groups is 2. The van der Waals surface area contributed by atoms with Crippen LogP contribution in [0, 0.1) is 0 Å². The van der Waals surface area contributed by atoms with Gasteiger partial charge < -0.3 is 9.47 Å². The second-order valence-electron chi connectivity index (χ2n) is 5.13. The fraction of sp³-hybridized carbons (Fsp3) is 0.200. The summed E-state index contributed by atoms with van der Waals surface area (Å²) in [5.74, 6) is -1.15. The predicted molar refractivity (Wildman–Crippen MR) is 92.9 cm³/mol. The summed E-state index contributed by atoms with van der Waals surface area (Å²) in [6, 6.07) is 17.7. The minimum absolute atomic E-state index is 0.140. The lowest BCUT2D eigenvalue weighted by atomic mass is 10.1. The molecule has 0 bridgehead atoms. The summed E-state index contributed by atoms with van der Waals surface area (Å²) in [4.78, 5) is 22.7. The maximum Gasteiger partial charge on any atom is 0.317 e. The van der Waals surface area contributed by atoms with E-state index in [2.05, 4.69) is 0 Å². The van der Waals surface area contributed by atoms with Crippen molar-refractivity contribution in [2.75, 3.05) is 6.61 Å². The number of rotatable bonds is 7. The van der Waals surface area contributed by atoms with Crippen LogP contribution in [0.2, 0.25) is 0 Å². The van der Waals surface area contributed by atoms with E-state index in [0.29, 0.717) is 0 Å². The quantitative estimate of drug-likeness (QED) is 0.441. The monoisotopic (exact) mass is 324 g/mol. The van der Waals surface area contributed by atoms with Gasteiger partial charge in [-0.2, -0.15) is 0 Å². The summed E-state index contributed by atoms with van der Waals surface area (Å²) in [5.41, 5.74) is 3.05. The third-order valence-corrected chi connectivity index (χ3v) is 3.24. The van der Waals surface area contributed by atoms with Gasteiger partial charge in [-0.1, -0.05) is 66.7 Å². The molecule has 2 aromatic rings. The molecule has 0 aromatic heterocycles. The lowest BCUT2D eigenvalue weighted by Crippen LogP contribution is -2.13. The van der Waals surface area contributed by atoms with Crippen LogP contribution in [-0.4, -0.2) is 18.5 Å². The van der Waals surface area contributed by atoms with Crippen LogP contribution >= 0.6 is 0 Å². The Morgan fingerprint density at radius 2 is 1.42 bits per heavy atom. The van der Waals surface area contributed by atoms with Crippen LogP contribution in [0.1, 0.15) is 30.0 Å². The summed E-state index contributed by atoms with van der Waals surface area (Å²) in [6.45, 7) is 2.09. The largest absolute Gasteiger partial charge is 0.466 e. The molecule has 0 spiro atoms. The van der Waals surface area contributed by atoms with E-state index in [9.17, 15) is 9.59 Å². The maximum absolute atomic E-state index is 11.5. The molecule has 2 aromatic carbocycles. The van der Waals surface area contributed by atoms with Crippen molar-refractivity contribution in [3.8, 4) is 0 Å². The molecule has 0 radical (unpaired) electrons. The van der Waals surface area contributed by atoms with Gasteiger partial charge in [0.25, 0.3) is 0 Å². The lowest BCUT2D eigenvalue weighted by Gasteiger charge is -2.05. The third-order valence-electron chi connectivity index (χ3n) is 3.24. The Labute approximate surface area is 141 Å². The van der Waals surface area contributed by atoms with Gasteiger partial charge in [0.05, 0.1) is 6.61 Å². The Morgan fingerprint density at radius 3 is 2.04 bits per heavy atom. The molecule has 0 atom stereocenters. The van der Waals surface area contributed by atoms with Gasteiger partial charge in [-0.3, -0.25) is 9.59 Å². The molecule has 0 N–H and O–H groups in total. The first kappa shape index (κ1) is 17.5. The van der Waals surface area contributed by atoms with Gasteiger partial charge in [0.2, 0.25) is 0 Å². The highest BCUT2D eigenvalue weighted by molar-refractivity contribution is 5.91. The van der Waals surface area contributed by atoms with Crippen molar-refractivity contribution >= 4 is 24.1 Å². The molecule has 0 heterocycles. The number of benzene rings is 2. The van der Waals surface area contributed by atoms with Crippen molar-refractivity contribution in [2.24, 2.45) is 0 Å². The van der Waals surface area contributed by atoms with E-state index >= 15 is 0 Å². The average Bonchev–Trinajstić information content (AvgIpc) is 2.60. The SMILES string of the molecule is CCOC(=O)CC(=O)OCc1ccc(/C=C/c2ccccc2)cc1. The first-order valence-corrected chi connectivity index (χ1v) is 7.80. The van der Waals surface area contributed by atoms with Gasteiger partial charge in [-0.15, -0.1) is 0 Å². The van der Waals surface area contributed by atoms with Gasteiger partial charge in [-0.05, 0) is 23.6 Å². The summed E-state index contributed by atoms with van der Waals surface area (Å²) < 4.78 is 9.75. The van der Waals surface area contributed by atoms with E-state index in [1.54, 1.807) is 6.92 Å². The molecule has 0 aliphatic rings. The smallest absolute Gasteiger partial charge is 0.317 e. The second-order valence-corrected chi connectivity index (χ2v) is 5.13. The zero-order valence-corrected chi connectivity index (χ0v) is 13.6. The zero-order valence-electron chi connectivity index (χ0n) is 13.6. The summed E-state index contributed by atoms with van der Waals surface area (Å²) in [7, 11) is 0. The van der Waals surface area contributed by atoms with Gasteiger partial charge in [0.1, 0.15) is 13.0 Å². The Bertz CT molecular complexity index is 687. The Kier molecular flexibility index (Phi) is 6.77.